The van der Waals surface area contributed by atoms with Crippen molar-refractivity contribution in [3.63, 3.8) is 0 Å². The summed E-state index contributed by atoms with van der Waals surface area (Å²) in [5.74, 6) is 2.27. The number of H-pyrrole nitrogens is 1. The van der Waals surface area contributed by atoms with Crippen molar-refractivity contribution < 1.29 is 0 Å². The molecular weight excluding hydrogens is 202 g/mol. The number of aromatic amines is 1. The summed E-state index contributed by atoms with van der Waals surface area (Å²) in [5.41, 5.74) is 5.80. The summed E-state index contributed by atoms with van der Waals surface area (Å²) < 4.78 is 0. The molecule has 0 saturated carbocycles. The van der Waals surface area contributed by atoms with E-state index in [9.17, 15) is 0 Å². The van der Waals surface area contributed by atoms with E-state index in [0.717, 1.165) is 18.2 Å². The molecule has 0 bridgehead atoms. The molecule has 4 N–H and O–H groups in total. The zero-order chi connectivity index (χ0) is 11.5. The molecule has 1 aliphatic heterocycles. The minimum atomic E-state index is 0.378. The van der Waals surface area contributed by atoms with E-state index in [1.807, 2.05) is 6.92 Å². The summed E-state index contributed by atoms with van der Waals surface area (Å²) in [5, 5.41) is 3.35. The van der Waals surface area contributed by atoms with Crippen molar-refractivity contribution in [2.75, 3.05) is 30.7 Å². The van der Waals surface area contributed by atoms with Crippen molar-refractivity contribution in [3.05, 3.63) is 5.82 Å². The minimum Gasteiger partial charge on any atom is -0.382 e. The van der Waals surface area contributed by atoms with Gasteiger partial charge < -0.3 is 20.9 Å². The Morgan fingerprint density at radius 2 is 2.19 bits per heavy atom. The van der Waals surface area contributed by atoms with Crippen LogP contribution in [0, 0.1) is 6.92 Å². The van der Waals surface area contributed by atoms with Gasteiger partial charge in [-0.3, -0.25) is 0 Å². The van der Waals surface area contributed by atoms with Gasteiger partial charge in [-0.25, -0.2) is 4.98 Å². The van der Waals surface area contributed by atoms with Crippen LogP contribution in [0.1, 0.15) is 25.6 Å². The molecule has 0 radical (unpaired) electrons. The Hall–Kier alpha value is -1.23. The molecule has 1 aromatic rings. The lowest BCUT2D eigenvalue weighted by atomic mass is 10.3. The summed E-state index contributed by atoms with van der Waals surface area (Å²) >= 11 is 0. The number of nitrogen functional groups attached to an aromatic ring is 1. The van der Waals surface area contributed by atoms with Crippen LogP contribution in [0.5, 0.6) is 0 Å². The predicted molar refractivity (Wildman–Crippen MR) is 66.5 cm³/mol. The monoisotopic (exact) mass is 223 g/mol. The zero-order valence-corrected chi connectivity index (χ0v) is 10.1. The molecule has 0 amide bonds. The van der Waals surface area contributed by atoms with Gasteiger partial charge in [0, 0.05) is 12.6 Å². The van der Waals surface area contributed by atoms with Gasteiger partial charge in [-0.1, -0.05) is 0 Å². The second-order valence-electron chi connectivity index (χ2n) is 4.64. The molecule has 5 heteroatoms. The number of hydrogen-bond acceptors (Lipinski definition) is 4. The van der Waals surface area contributed by atoms with Gasteiger partial charge in [-0.05, 0) is 39.8 Å². The van der Waals surface area contributed by atoms with Gasteiger partial charge in [0.1, 0.15) is 11.6 Å². The van der Waals surface area contributed by atoms with Gasteiger partial charge >= 0.3 is 0 Å². The predicted octanol–water partition coefficient (Wildman–Crippen LogP) is 1.20. The number of rotatable bonds is 4. The standard InChI is InChI=1S/C11H21N5/c1-8(7-16-5-3-4-6-16)13-11-10(12)14-9(2)15-11/h8,13H,3-7,12H2,1-2H3,(H,14,15). The van der Waals surface area contributed by atoms with Crippen molar-refractivity contribution in [3.8, 4) is 0 Å². The van der Waals surface area contributed by atoms with Crippen LogP contribution < -0.4 is 11.1 Å². The Kier molecular flexibility index (Phi) is 3.33. The zero-order valence-electron chi connectivity index (χ0n) is 10.1. The first-order chi connectivity index (χ1) is 7.65. The van der Waals surface area contributed by atoms with Crippen LogP contribution in [0.15, 0.2) is 0 Å². The number of likely N-dealkylation sites (tertiary alicyclic amines) is 1. The Balaban J connectivity index is 1.86. The Labute approximate surface area is 96.4 Å². The van der Waals surface area contributed by atoms with Crippen molar-refractivity contribution in [2.45, 2.75) is 32.7 Å². The van der Waals surface area contributed by atoms with E-state index >= 15 is 0 Å². The van der Waals surface area contributed by atoms with Crippen LogP contribution in [-0.2, 0) is 0 Å². The molecule has 2 heterocycles. The van der Waals surface area contributed by atoms with Crippen LogP contribution in [0.2, 0.25) is 0 Å². The Morgan fingerprint density at radius 3 is 2.75 bits per heavy atom. The van der Waals surface area contributed by atoms with Crippen molar-refractivity contribution in [1.29, 1.82) is 0 Å². The molecule has 0 aliphatic carbocycles. The largest absolute Gasteiger partial charge is 0.382 e. The molecule has 0 aromatic carbocycles. The van der Waals surface area contributed by atoms with Crippen molar-refractivity contribution in [2.24, 2.45) is 0 Å². The molecule has 1 aromatic heterocycles. The van der Waals surface area contributed by atoms with Crippen LogP contribution in [0.25, 0.3) is 0 Å². The quantitative estimate of drug-likeness (QED) is 0.717. The lowest BCUT2D eigenvalue weighted by molar-refractivity contribution is 0.327. The first-order valence-electron chi connectivity index (χ1n) is 5.96. The lowest BCUT2D eigenvalue weighted by Gasteiger charge is -2.21. The van der Waals surface area contributed by atoms with Crippen LogP contribution in [0.3, 0.4) is 0 Å². The average Bonchev–Trinajstić information content (AvgIpc) is 2.78. The number of aromatic nitrogens is 2. The second kappa shape index (κ2) is 4.74. The average molecular weight is 223 g/mol. The first kappa shape index (κ1) is 11.3. The highest BCUT2D eigenvalue weighted by Crippen LogP contribution is 2.16. The van der Waals surface area contributed by atoms with E-state index < -0.39 is 0 Å². The number of imidazole rings is 1. The van der Waals surface area contributed by atoms with Crippen molar-refractivity contribution in [1.82, 2.24) is 14.9 Å². The third kappa shape index (κ3) is 2.66. The lowest BCUT2D eigenvalue weighted by Crippen LogP contribution is -2.33. The highest BCUT2D eigenvalue weighted by Gasteiger charge is 2.15. The number of anilines is 2. The molecule has 0 spiro atoms. The maximum atomic E-state index is 5.80. The smallest absolute Gasteiger partial charge is 0.169 e. The van der Waals surface area contributed by atoms with Crippen LogP contribution in [0.4, 0.5) is 11.6 Å². The molecular formula is C11H21N5. The summed E-state index contributed by atoms with van der Waals surface area (Å²) in [4.78, 5) is 9.79. The van der Waals surface area contributed by atoms with E-state index in [1.54, 1.807) is 0 Å². The Morgan fingerprint density at radius 1 is 1.50 bits per heavy atom. The summed E-state index contributed by atoms with van der Waals surface area (Å²) in [6.07, 6.45) is 2.66. The van der Waals surface area contributed by atoms with Gasteiger partial charge in [0.25, 0.3) is 0 Å². The van der Waals surface area contributed by atoms with E-state index in [4.69, 9.17) is 5.73 Å². The molecule has 16 heavy (non-hydrogen) atoms. The fraction of sp³-hybridized carbons (Fsp3) is 0.727. The van der Waals surface area contributed by atoms with E-state index in [2.05, 4.69) is 27.1 Å². The Bertz CT molecular complexity index is 340. The first-order valence-corrected chi connectivity index (χ1v) is 5.96. The van der Waals surface area contributed by atoms with Gasteiger partial charge in [-0.2, -0.15) is 0 Å². The van der Waals surface area contributed by atoms with Gasteiger partial charge in [-0.15, -0.1) is 0 Å². The molecule has 1 aliphatic rings. The molecule has 90 valence electrons. The summed E-state index contributed by atoms with van der Waals surface area (Å²) in [6, 6.07) is 0.378. The number of hydrogen-bond donors (Lipinski definition) is 3. The summed E-state index contributed by atoms with van der Waals surface area (Å²) in [7, 11) is 0. The molecule has 2 rings (SSSR count). The third-order valence-corrected chi connectivity index (χ3v) is 2.96. The van der Waals surface area contributed by atoms with Crippen LogP contribution >= 0.6 is 0 Å². The highest BCUT2D eigenvalue weighted by atomic mass is 15.2. The molecule has 1 unspecified atom stereocenters. The molecule has 1 fully saturated rings. The third-order valence-electron chi connectivity index (χ3n) is 2.96. The van der Waals surface area contributed by atoms with Gasteiger partial charge in [0.05, 0.1) is 0 Å². The number of nitrogens with one attached hydrogen (secondary N) is 2. The maximum Gasteiger partial charge on any atom is 0.169 e. The SMILES string of the molecule is Cc1nc(NC(C)CN2CCCC2)c(N)[nH]1. The number of aryl methyl sites for hydroxylation is 1. The molecule has 1 atom stereocenters. The fourth-order valence-electron chi connectivity index (χ4n) is 2.25. The molecule has 1 saturated heterocycles. The van der Waals surface area contributed by atoms with Gasteiger partial charge in [0.15, 0.2) is 5.82 Å². The number of nitrogens with zero attached hydrogens (tertiary/aromatic N) is 2. The fourth-order valence-corrected chi connectivity index (χ4v) is 2.25. The normalized spacial score (nSPS) is 18.9. The van der Waals surface area contributed by atoms with Crippen LogP contribution in [-0.4, -0.2) is 40.5 Å². The number of nitrogens with two attached hydrogens (primary N) is 1. The van der Waals surface area contributed by atoms with Gasteiger partial charge in [0.2, 0.25) is 0 Å². The molecule has 5 nitrogen and oxygen atoms in total. The summed E-state index contributed by atoms with van der Waals surface area (Å²) in [6.45, 7) is 7.59. The topological polar surface area (TPSA) is 70.0 Å². The van der Waals surface area contributed by atoms with E-state index in [0.29, 0.717) is 11.9 Å². The second-order valence-corrected chi connectivity index (χ2v) is 4.64. The maximum absolute atomic E-state index is 5.80. The van der Waals surface area contributed by atoms with E-state index in [-0.39, 0.29) is 0 Å². The van der Waals surface area contributed by atoms with E-state index in [1.165, 1.54) is 25.9 Å². The highest BCUT2D eigenvalue weighted by molar-refractivity contribution is 5.57. The van der Waals surface area contributed by atoms with Crippen molar-refractivity contribution >= 4 is 11.6 Å². The minimum absolute atomic E-state index is 0.378.